The van der Waals surface area contributed by atoms with Gasteiger partial charge in [0.2, 0.25) is 0 Å². The highest BCUT2D eigenvalue weighted by Gasteiger charge is 2.38. The summed E-state index contributed by atoms with van der Waals surface area (Å²) in [6.07, 6.45) is 2.43. The summed E-state index contributed by atoms with van der Waals surface area (Å²) in [6, 6.07) is 3.32. The number of carboxylic acids is 1. The molecule has 1 heterocycles. The molecule has 1 aromatic heterocycles. The van der Waals surface area contributed by atoms with E-state index in [2.05, 4.69) is 10.3 Å². The number of nitrogens with one attached hydrogen (secondary N) is 1. The van der Waals surface area contributed by atoms with Gasteiger partial charge in [0, 0.05) is 0 Å². The molecule has 0 aliphatic heterocycles. The molecule has 7 nitrogen and oxygen atoms in total. The molecule has 0 aromatic carbocycles. The van der Waals surface area contributed by atoms with Crippen LogP contribution in [0, 0.1) is 5.92 Å². The lowest BCUT2D eigenvalue weighted by Crippen LogP contribution is -2.53. The van der Waals surface area contributed by atoms with Crippen molar-refractivity contribution >= 4 is 22.6 Å². The predicted octanol–water partition coefficient (Wildman–Crippen LogP) is 2.64. The van der Waals surface area contributed by atoms with E-state index < -0.39 is 33.4 Å². The third kappa shape index (κ3) is 4.48. The molecule has 2 rings (SSSR count). The van der Waals surface area contributed by atoms with Gasteiger partial charge in [-0.3, -0.25) is 4.79 Å². The van der Waals surface area contributed by atoms with Crippen molar-refractivity contribution in [3.05, 3.63) is 29.1 Å². The van der Waals surface area contributed by atoms with E-state index in [-0.39, 0.29) is 30.4 Å². The predicted molar refractivity (Wildman–Crippen MR) is 103 cm³/mol. The molecule has 1 unspecified atom stereocenters. The number of hydrogen-bond donors (Lipinski definition) is 3. The monoisotopic (exact) mass is 396 g/mol. The van der Waals surface area contributed by atoms with Crippen LogP contribution in [0.3, 0.4) is 0 Å². The highest BCUT2D eigenvalue weighted by atomic mass is 32.2. The van der Waals surface area contributed by atoms with Gasteiger partial charge >= 0.3 is 5.97 Å². The summed E-state index contributed by atoms with van der Waals surface area (Å²) in [4.78, 5) is 28.7. The Hall–Kier alpha value is -1.96. The Balaban J connectivity index is 2.45. The van der Waals surface area contributed by atoms with E-state index in [1.165, 1.54) is 0 Å². The number of pyridine rings is 1. The second kappa shape index (κ2) is 8.37. The minimum atomic E-state index is -2.76. The lowest BCUT2D eigenvalue weighted by atomic mass is 9.92. The molecule has 27 heavy (non-hydrogen) atoms. The van der Waals surface area contributed by atoms with E-state index in [4.69, 9.17) is 0 Å². The van der Waals surface area contributed by atoms with Crippen LogP contribution in [-0.2, 0) is 15.5 Å². The van der Waals surface area contributed by atoms with E-state index in [1.54, 1.807) is 26.0 Å². The van der Waals surface area contributed by atoms with Crippen LogP contribution in [0.2, 0.25) is 0 Å². The zero-order chi connectivity index (χ0) is 20.4. The van der Waals surface area contributed by atoms with Gasteiger partial charge in [-0.2, -0.15) is 0 Å². The van der Waals surface area contributed by atoms with Gasteiger partial charge in [-0.1, -0.05) is 33.8 Å². The molecule has 0 radical (unpaired) electrons. The second-order valence-corrected chi connectivity index (χ2v) is 8.59. The smallest absolute Gasteiger partial charge is 0.329 e. The lowest BCUT2D eigenvalue weighted by molar-refractivity contribution is -0.144. The molecule has 0 bridgehead atoms. The molecule has 1 aliphatic rings. The topological polar surface area (TPSA) is 113 Å². The molecule has 0 spiro atoms. The molecule has 1 fully saturated rings. The molecular weight excluding hydrogens is 368 g/mol. The fraction of sp³-hybridized carbons (Fsp3) is 0.632. The number of carbonyl (C=O) groups excluding carboxylic acids is 1. The Bertz CT molecular complexity index is 787. The summed E-state index contributed by atoms with van der Waals surface area (Å²) in [7, 11) is -2.76. The summed E-state index contributed by atoms with van der Waals surface area (Å²) in [5.41, 5.74) is -0.0237. The van der Waals surface area contributed by atoms with Crippen LogP contribution >= 0.6 is 0 Å². The van der Waals surface area contributed by atoms with Crippen LogP contribution in [0.25, 0.3) is 0 Å². The number of hydrogen-bond acceptors (Lipinski definition) is 5. The zero-order valence-electron chi connectivity index (χ0n) is 16.2. The molecular formula is C19H28N2O5S. The van der Waals surface area contributed by atoms with Gasteiger partial charge in [-0.15, -0.1) is 0 Å². The molecule has 8 heteroatoms. The fourth-order valence-corrected chi connectivity index (χ4v) is 4.21. The fourth-order valence-electron chi connectivity index (χ4n) is 3.31. The first-order chi connectivity index (χ1) is 12.7. The number of aromatic nitrogens is 1. The van der Waals surface area contributed by atoms with Crippen molar-refractivity contribution in [2.24, 2.45) is 5.92 Å². The van der Waals surface area contributed by atoms with Gasteiger partial charge in [-0.05, 0) is 49.1 Å². The summed E-state index contributed by atoms with van der Waals surface area (Å²) < 4.78 is 23.7. The van der Waals surface area contributed by atoms with Gasteiger partial charge in [0.1, 0.15) is 27.2 Å². The minimum absolute atomic E-state index is 0.0458. The third-order valence-corrected chi connectivity index (χ3v) is 6.61. The Morgan fingerprint density at radius 3 is 2.26 bits per heavy atom. The second-order valence-electron chi connectivity index (χ2n) is 7.47. The highest BCUT2D eigenvalue weighted by Crippen LogP contribution is 2.44. The largest absolute Gasteiger partial charge is 0.480 e. The van der Waals surface area contributed by atoms with E-state index in [1.807, 2.05) is 13.8 Å². The highest BCUT2D eigenvalue weighted by molar-refractivity contribution is 7.72. The lowest BCUT2D eigenvalue weighted by Gasteiger charge is -2.28. The number of carbonyl (C=O) groups is 2. The molecule has 150 valence electrons. The number of thiol groups is 1. The van der Waals surface area contributed by atoms with Crippen molar-refractivity contribution < 1.29 is 23.1 Å². The van der Waals surface area contributed by atoms with E-state index in [0.29, 0.717) is 5.69 Å². The van der Waals surface area contributed by atoms with Gasteiger partial charge in [-0.25, -0.2) is 18.2 Å². The standard InChI is InChI=1S/C19H28N2O5S/c1-5-19(6-2,18(23)24)21-17(22)14-10-9-13(12-7-8-12)15(20-14)16(11(3)4)27(25)26/h9-12,16,27H,5-8H2,1-4H3,(H,21,22)(H,23,24). The van der Waals surface area contributed by atoms with Crippen LogP contribution in [0.15, 0.2) is 12.1 Å². The Morgan fingerprint density at radius 1 is 1.26 bits per heavy atom. The molecule has 1 saturated carbocycles. The van der Waals surface area contributed by atoms with Gasteiger partial charge in [0.25, 0.3) is 5.91 Å². The average molecular weight is 397 g/mol. The quantitative estimate of drug-likeness (QED) is 0.553. The molecule has 1 amide bonds. The maximum Gasteiger partial charge on any atom is 0.329 e. The van der Waals surface area contributed by atoms with Gasteiger partial charge in [0.15, 0.2) is 0 Å². The molecule has 2 N–H and O–H groups in total. The van der Waals surface area contributed by atoms with Crippen molar-refractivity contribution in [1.29, 1.82) is 0 Å². The summed E-state index contributed by atoms with van der Waals surface area (Å²) in [6.45, 7) is 7.02. The zero-order valence-corrected chi connectivity index (χ0v) is 17.1. The number of rotatable bonds is 9. The van der Waals surface area contributed by atoms with Crippen molar-refractivity contribution in [2.45, 2.75) is 70.1 Å². The Kier molecular flexibility index (Phi) is 6.62. The first kappa shape index (κ1) is 21.3. The molecule has 0 saturated heterocycles. The Morgan fingerprint density at radius 2 is 1.85 bits per heavy atom. The summed E-state index contributed by atoms with van der Waals surface area (Å²) >= 11 is 0. The maximum absolute atomic E-state index is 12.7. The van der Waals surface area contributed by atoms with Crippen LogP contribution in [0.1, 0.15) is 86.3 Å². The summed E-state index contributed by atoms with van der Waals surface area (Å²) in [5.74, 6) is -1.60. The maximum atomic E-state index is 12.7. The van der Waals surface area contributed by atoms with E-state index in [0.717, 1.165) is 18.4 Å². The van der Waals surface area contributed by atoms with Crippen molar-refractivity contribution in [1.82, 2.24) is 10.3 Å². The van der Waals surface area contributed by atoms with Crippen LogP contribution < -0.4 is 5.32 Å². The van der Waals surface area contributed by atoms with E-state index >= 15 is 0 Å². The number of aliphatic carboxylic acids is 1. The SMILES string of the molecule is CCC(CC)(NC(=O)c1ccc(C2CC2)c(C(C(C)C)[SH](=O)=O)n1)C(=O)O. The normalized spacial score (nSPS) is 15.8. The summed E-state index contributed by atoms with van der Waals surface area (Å²) in [5, 5.41) is 11.3. The minimum Gasteiger partial charge on any atom is -0.480 e. The van der Waals surface area contributed by atoms with Crippen molar-refractivity contribution in [3.8, 4) is 0 Å². The van der Waals surface area contributed by atoms with Gasteiger partial charge < -0.3 is 10.4 Å². The van der Waals surface area contributed by atoms with Crippen molar-refractivity contribution in [3.63, 3.8) is 0 Å². The number of nitrogens with zero attached hydrogens (tertiary/aromatic N) is 1. The van der Waals surface area contributed by atoms with Crippen LogP contribution in [-0.4, -0.2) is 35.9 Å². The Labute approximate surface area is 161 Å². The van der Waals surface area contributed by atoms with Gasteiger partial charge in [0.05, 0.1) is 5.69 Å². The third-order valence-electron chi connectivity index (χ3n) is 5.32. The average Bonchev–Trinajstić information content (AvgIpc) is 3.43. The molecule has 1 aromatic rings. The molecule has 1 atom stereocenters. The number of carboxylic acid groups (broad SMARTS) is 1. The first-order valence-corrected chi connectivity index (χ1v) is 10.6. The van der Waals surface area contributed by atoms with Crippen LogP contribution in [0.4, 0.5) is 0 Å². The van der Waals surface area contributed by atoms with Crippen LogP contribution in [0.5, 0.6) is 0 Å². The van der Waals surface area contributed by atoms with E-state index in [9.17, 15) is 23.1 Å². The van der Waals surface area contributed by atoms with Crippen molar-refractivity contribution in [2.75, 3.05) is 0 Å². The first-order valence-electron chi connectivity index (χ1n) is 9.37. The number of amides is 1. The molecule has 1 aliphatic carbocycles.